The lowest BCUT2D eigenvalue weighted by atomic mass is 10.4. The van der Waals surface area contributed by atoms with Gasteiger partial charge in [0.2, 0.25) is 0 Å². The number of nitrogens with zero attached hydrogens (tertiary/aromatic N) is 1. The van der Waals surface area contributed by atoms with Crippen molar-refractivity contribution < 1.29 is 0 Å². The Balaban J connectivity index is 4.27. The molecule has 0 aliphatic carbocycles. The molecule has 0 heterocycles. The van der Waals surface area contributed by atoms with E-state index < -0.39 is 0 Å². The van der Waals surface area contributed by atoms with E-state index in [0.29, 0.717) is 11.7 Å². The quantitative estimate of drug-likeness (QED) is 0.305. The van der Waals surface area contributed by atoms with Crippen LogP contribution < -0.4 is 11.1 Å². The zero-order valence-corrected chi connectivity index (χ0v) is 6.18. The molecule has 0 unspecified atom stereocenters. The molecule has 54 valence electrons. The predicted molar refractivity (Wildman–Crippen MR) is 43.3 cm³/mol. The van der Waals surface area contributed by atoms with Crippen molar-refractivity contribution in [2.24, 2.45) is 10.7 Å². The van der Waals surface area contributed by atoms with Gasteiger partial charge in [0.1, 0.15) is 5.70 Å². The zero-order chi connectivity index (χ0) is 7.98. The van der Waals surface area contributed by atoms with Crippen molar-refractivity contribution in [3.8, 4) is 12.3 Å². The second-order valence-electron chi connectivity index (χ2n) is 1.57. The van der Waals surface area contributed by atoms with Gasteiger partial charge in [0.15, 0.2) is 5.96 Å². The molecule has 0 aromatic carbocycles. The lowest BCUT2D eigenvalue weighted by Gasteiger charge is -1.95. The Morgan fingerprint density at radius 2 is 2.40 bits per heavy atom. The van der Waals surface area contributed by atoms with Gasteiger partial charge < -0.3 is 11.1 Å². The third-order valence-corrected chi connectivity index (χ3v) is 0.918. The van der Waals surface area contributed by atoms with Gasteiger partial charge >= 0.3 is 0 Å². The molecule has 0 radical (unpaired) electrons. The Morgan fingerprint density at radius 1 is 1.80 bits per heavy atom. The molecular weight excluding hydrogens is 126 g/mol. The summed E-state index contributed by atoms with van der Waals surface area (Å²) >= 11 is 0. The molecule has 0 aliphatic rings. The SMILES string of the molecule is C#CC(=C/C)/N=C(\N)NC. The van der Waals surface area contributed by atoms with Crippen LogP contribution in [0.3, 0.4) is 0 Å². The third-order valence-electron chi connectivity index (χ3n) is 0.918. The Bertz CT molecular complexity index is 195. The molecule has 0 rings (SSSR count). The molecule has 0 saturated carbocycles. The van der Waals surface area contributed by atoms with Gasteiger partial charge in [0, 0.05) is 7.05 Å². The fourth-order valence-corrected chi connectivity index (χ4v) is 0.366. The number of nitrogens with one attached hydrogen (secondary N) is 1. The van der Waals surface area contributed by atoms with E-state index in [2.05, 4.69) is 16.2 Å². The summed E-state index contributed by atoms with van der Waals surface area (Å²) in [5.41, 5.74) is 5.86. The minimum absolute atomic E-state index is 0.325. The summed E-state index contributed by atoms with van der Waals surface area (Å²) in [6.45, 7) is 1.81. The maximum Gasteiger partial charge on any atom is 0.194 e. The van der Waals surface area contributed by atoms with Gasteiger partial charge in [-0.25, -0.2) is 4.99 Å². The highest BCUT2D eigenvalue weighted by atomic mass is 15.1. The van der Waals surface area contributed by atoms with Gasteiger partial charge in [-0.1, -0.05) is 12.0 Å². The van der Waals surface area contributed by atoms with Crippen molar-refractivity contribution >= 4 is 5.96 Å². The zero-order valence-electron chi connectivity index (χ0n) is 6.18. The molecule has 0 aliphatic heterocycles. The lowest BCUT2D eigenvalue weighted by molar-refractivity contribution is 1.13. The van der Waals surface area contributed by atoms with E-state index in [1.807, 2.05) is 6.92 Å². The van der Waals surface area contributed by atoms with Gasteiger partial charge in [0.05, 0.1) is 0 Å². The number of guanidine groups is 1. The average molecular weight is 137 g/mol. The van der Waals surface area contributed by atoms with Crippen molar-refractivity contribution in [1.29, 1.82) is 0 Å². The maximum atomic E-state index is 5.33. The van der Waals surface area contributed by atoms with Crippen molar-refractivity contribution in [2.45, 2.75) is 6.92 Å². The summed E-state index contributed by atoms with van der Waals surface area (Å²) in [4.78, 5) is 3.84. The van der Waals surface area contributed by atoms with E-state index in [-0.39, 0.29) is 0 Å². The van der Waals surface area contributed by atoms with Gasteiger partial charge in [-0.2, -0.15) is 0 Å². The first-order chi connectivity index (χ1) is 4.74. The predicted octanol–water partition coefficient (Wildman–Crippen LogP) is 0.0575. The Morgan fingerprint density at radius 3 is 2.70 bits per heavy atom. The van der Waals surface area contributed by atoms with Crippen molar-refractivity contribution in [2.75, 3.05) is 7.05 Å². The summed E-state index contributed by atoms with van der Waals surface area (Å²) in [6.07, 6.45) is 6.79. The van der Waals surface area contributed by atoms with Crippen molar-refractivity contribution in [1.82, 2.24) is 5.32 Å². The fraction of sp³-hybridized carbons (Fsp3) is 0.286. The van der Waals surface area contributed by atoms with Crippen molar-refractivity contribution in [3.05, 3.63) is 11.8 Å². The highest BCUT2D eigenvalue weighted by Gasteiger charge is 1.86. The van der Waals surface area contributed by atoms with Crippen LogP contribution in [-0.2, 0) is 0 Å². The molecule has 0 spiro atoms. The van der Waals surface area contributed by atoms with Crippen LogP contribution in [0.15, 0.2) is 16.8 Å². The van der Waals surface area contributed by atoms with E-state index in [9.17, 15) is 0 Å². The number of terminal acetylenes is 1. The standard InChI is InChI=1S/C7H11N3/c1-4-6(5-2)10-7(8)9-3/h1,5H,2-3H3,(H3,8,9,10)/b6-5-. The van der Waals surface area contributed by atoms with E-state index in [0.717, 1.165) is 0 Å². The fourth-order valence-electron chi connectivity index (χ4n) is 0.366. The van der Waals surface area contributed by atoms with Crippen LogP contribution in [0.2, 0.25) is 0 Å². The van der Waals surface area contributed by atoms with Gasteiger partial charge in [-0.3, -0.25) is 0 Å². The van der Waals surface area contributed by atoms with Gasteiger partial charge in [0.25, 0.3) is 0 Å². The molecule has 0 aromatic heterocycles. The largest absolute Gasteiger partial charge is 0.370 e. The summed E-state index contributed by atoms with van der Waals surface area (Å²) in [5.74, 6) is 2.70. The first-order valence-electron chi connectivity index (χ1n) is 2.89. The summed E-state index contributed by atoms with van der Waals surface area (Å²) in [5, 5.41) is 2.66. The molecule has 3 nitrogen and oxygen atoms in total. The molecule has 0 aromatic rings. The monoisotopic (exact) mass is 137 g/mol. The highest BCUT2D eigenvalue weighted by molar-refractivity contribution is 5.79. The van der Waals surface area contributed by atoms with Crippen LogP contribution in [0.25, 0.3) is 0 Å². The first kappa shape index (κ1) is 8.57. The molecule has 0 atom stereocenters. The molecular formula is C7H11N3. The van der Waals surface area contributed by atoms with Crippen LogP contribution in [0.4, 0.5) is 0 Å². The summed E-state index contributed by atoms with van der Waals surface area (Å²) in [6, 6.07) is 0. The molecule has 0 fully saturated rings. The molecule has 3 N–H and O–H groups in total. The second kappa shape index (κ2) is 4.45. The van der Waals surface area contributed by atoms with Crippen LogP contribution in [0, 0.1) is 12.3 Å². The highest BCUT2D eigenvalue weighted by Crippen LogP contribution is 1.90. The maximum absolute atomic E-state index is 5.33. The van der Waals surface area contributed by atoms with Crippen molar-refractivity contribution in [3.63, 3.8) is 0 Å². The minimum Gasteiger partial charge on any atom is -0.370 e. The van der Waals surface area contributed by atoms with Crippen LogP contribution in [0.5, 0.6) is 0 Å². The van der Waals surface area contributed by atoms with E-state index in [1.54, 1.807) is 13.1 Å². The van der Waals surface area contributed by atoms with Crippen LogP contribution >= 0.6 is 0 Å². The van der Waals surface area contributed by atoms with E-state index in [1.165, 1.54) is 0 Å². The van der Waals surface area contributed by atoms with Gasteiger partial charge in [-0.05, 0) is 6.92 Å². The Kier molecular flexibility index (Phi) is 3.81. The number of hydrogen-bond donors (Lipinski definition) is 2. The molecule has 0 amide bonds. The topological polar surface area (TPSA) is 50.4 Å². The minimum atomic E-state index is 0.325. The van der Waals surface area contributed by atoms with E-state index in [4.69, 9.17) is 12.2 Å². The number of allylic oxidation sites excluding steroid dienone is 2. The first-order valence-corrected chi connectivity index (χ1v) is 2.89. The number of aliphatic imine (C=N–C) groups is 1. The Labute approximate surface area is 61.0 Å². The molecule has 0 bridgehead atoms. The summed E-state index contributed by atoms with van der Waals surface area (Å²) in [7, 11) is 1.68. The molecule has 0 saturated heterocycles. The normalized spacial score (nSPS) is 12.5. The van der Waals surface area contributed by atoms with Crippen LogP contribution in [-0.4, -0.2) is 13.0 Å². The van der Waals surface area contributed by atoms with E-state index >= 15 is 0 Å². The Hall–Kier alpha value is -1.43. The number of hydrogen-bond acceptors (Lipinski definition) is 1. The van der Waals surface area contributed by atoms with Gasteiger partial charge in [-0.15, -0.1) is 6.42 Å². The summed E-state index contributed by atoms with van der Waals surface area (Å²) < 4.78 is 0. The number of rotatable bonds is 1. The molecule has 10 heavy (non-hydrogen) atoms. The smallest absolute Gasteiger partial charge is 0.194 e. The average Bonchev–Trinajstić information content (AvgIpc) is 1.99. The molecule has 3 heteroatoms. The number of nitrogens with two attached hydrogens (primary N) is 1. The second-order valence-corrected chi connectivity index (χ2v) is 1.57. The third kappa shape index (κ3) is 2.78. The van der Waals surface area contributed by atoms with Crippen LogP contribution in [0.1, 0.15) is 6.92 Å². The lowest BCUT2D eigenvalue weighted by Crippen LogP contribution is -2.27.